The molecular formula is C20H24NO6S-. The van der Waals surface area contributed by atoms with Crippen LogP contribution in [0.1, 0.15) is 36.5 Å². The minimum atomic E-state index is -1.32. The molecule has 0 radical (unpaired) electrons. The Labute approximate surface area is 167 Å². The number of hydrogen-bond donors (Lipinski definition) is 2. The number of carbonyl (C=O) groups excluding carboxylic acids is 2. The number of amides is 1. The molecule has 7 nitrogen and oxygen atoms in total. The maximum absolute atomic E-state index is 12.3. The maximum Gasteiger partial charge on any atom is 0.339 e. The lowest BCUT2D eigenvalue weighted by molar-refractivity contribution is -0.308. The van der Waals surface area contributed by atoms with Crippen LogP contribution in [0.4, 0.5) is 0 Å². The van der Waals surface area contributed by atoms with E-state index in [9.17, 15) is 24.6 Å². The Kier molecular flexibility index (Phi) is 7.51. The molecule has 2 rings (SSSR count). The van der Waals surface area contributed by atoms with Crippen LogP contribution in [0.5, 0.6) is 5.75 Å². The number of aromatic hydroxyl groups is 1. The number of hydrogen-bond acceptors (Lipinski definition) is 7. The SMILES string of the molecule is CCSCC[C@H](NC(=O)CCc1c(C)c2ccc(O)c(C)c2oc1=O)C(=O)[O-]. The van der Waals surface area contributed by atoms with Gasteiger partial charge in [0.2, 0.25) is 5.91 Å². The van der Waals surface area contributed by atoms with Gasteiger partial charge in [0.15, 0.2) is 0 Å². The lowest BCUT2D eigenvalue weighted by Crippen LogP contribution is -2.48. The molecule has 0 aliphatic carbocycles. The molecule has 1 aromatic carbocycles. The Morgan fingerprint density at radius 2 is 2.00 bits per heavy atom. The third kappa shape index (κ3) is 5.07. The van der Waals surface area contributed by atoms with E-state index in [0.717, 1.165) is 5.75 Å². The number of rotatable bonds is 9. The smallest absolute Gasteiger partial charge is 0.339 e. The molecule has 1 aromatic heterocycles. The monoisotopic (exact) mass is 406 g/mol. The van der Waals surface area contributed by atoms with Crippen molar-refractivity contribution in [2.45, 2.75) is 46.1 Å². The normalized spacial score (nSPS) is 12.1. The molecule has 8 heteroatoms. The van der Waals surface area contributed by atoms with Crippen LogP contribution in [0.2, 0.25) is 0 Å². The highest BCUT2D eigenvalue weighted by atomic mass is 32.2. The van der Waals surface area contributed by atoms with Gasteiger partial charge in [-0.2, -0.15) is 11.8 Å². The summed E-state index contributed by atoms with van der Waals surface area (Å²) in [6.45, 7) is 5.39. The topological polar surface area (TPSA) is 120 Å². The number of thioether (sulfide) groups is 1. The summed E-state index contributed by atoms with van der Waals surface area (Å²) in [5.41, 5.74) is 1.27. The minimum Gasteiger partial charge on any atom is -0.548 e. The van der Waals surface area contributed by atoms with Gasteiger partial charge >= 0.3 is 5.63 Å². The van der Waals surface area contributed by atoms with Gasteiger partial charge in [-0.15, -0.1) is 0 Å². The highest BCUT2D eigenvalue weighted by Crippen LogP contribution is 2.28. The van der Waals surface area contributed by atoms with Crippen LogP contribution in [0.3, 0.4) is 0 Å². The van der Waals surface area contributed by atoms with Gasteiger partial charge < -0.3 is 24.7 Å². The molecule has 2 N–H and O–H groups in total. The Hall–Kier alpha value is -2.48. The van der Waals surface area contributed by atoms with Crippen LogP contribution in [0.15, 0.2) is 21.3 Å². The van der Waals surface area contributed by atoms with E-state index >= 15 is 0 Å². The van der Waals surface area contributed by atoms with E-state index in [2.05, 4.69) is 5.32 Å². The third-order valence-electron chi connectivity index (χ3n) is 4.65. The second-order valence-corrected chi connectivity index (χ2v) is 7.90. The van der Waals surface area contributed by atoms with Crippen molar-refractivity contribution in [3.63, 3.8) is 0 Å². The molecule has 1 heterocycles. The fraction of sp³-hybridized carbons (Fsp3) is 0.450. The second-order valence-electron chi connectivity index (χ2n) is 6.50. The summed E-state index contributed by atoms with van der Waals surface area (Å²) in [4.78, 5) is 35.7. The summed E-state index contributed by atoms with van der Waals surface area (Å²) in [5.74, 6) is -0.272. The predicted molar refractivity (Wildman–Crippen MR) is 106 cm³/mol. The van der Waals surface area contributed by atoms with Crippen LogP contribution >= 0.6 is 11.8 Å². The molecule has 28 heavy (non-hydrogen) atoms. The van der Waals surface area contributed by atoms with E-state index in [4.69, 9.17) is 4.42 Å². The quantitative estimate of drug-likeness (QED) is 0.477. The molecule has 0 saturated heterocycles. The van der Waals surface area contributed by atoms with Crippen molar-refractivity contribution in [3.8, 4) is 5.75 Å². The number of phenolic OH excluding ortho intramolecular Hbond substituents is 1. The van der Waals surface area contributed by atoms with Crippen LogP contribution in [0.25, 0.3) is 11.0 Å². The molecule has 0 bridgehead atoms. The summed E-state index contributed by atoms with van der Waals surface area (Å²) in [7, 11) is 0. The van der Waals surface area contributed by atoms with Crippen molar-refractivity contribution in [1.82, 2.24) is 5.32 Å². The maximum atomic E-state index is 12.3. The minimum absolute atomic E-state index is 0.0386. The van der Waals surface area contributed by atoms with Crippen molar-refractivity contribution in [2.75, 3.05) is 11.5 Å². The number of fused-ring (bicyclic) bond motifs is 1. The lowest BCUT2D eigenvalue weighted by atomic mass is 10.00. The van der Waals surface area contributed by atoms with Gasteiger partial charge in [-0.3, -0.25) is 4.79 Å². The number of carbonyl (C=O) groups is 2. The van der Waals surface area contributed by atoms with E-state index in [1.807, 2.05) is 6.92 Å². The van der Waals surface area contributed by atoms with Gasteiger partial charge in [-0.1, -0.05) is 6.92 Å². The number of aliphatic carboxylic acids is 1. The number of phenols is 1. The molecule has 2 aromatic rings. The molecule has 0 spiro atoms. The predicted octanol–water partition coefficient (Wildman–Crippen LogP) is 1.43. The molecule has 0 saturated carbocycles. The largest absolute Gasteiger partial charge is 0.548 e. The van der Waals surface area contributed by atoms with Gasteiger partial charge in [-0.05, 0) is 55.9 Å². The Morgan fingerprint density at radius 3 is 2.64 bits per heavy atom. The van der Waals surface area contributed by atoms with Crippen molar-refractivity contribution in [1.29, 1.82) is 0 Å². The van der Waals surface area contributed by atoms with Gasteiger partial charge in [-0.25, -0.2) is 4.79 Å². The first-order valence-corrected chi connectivity index (χ1v) is 10.2. The van der Waals surface area contributed by atoms with Crippen molar-refractivity contribution in [3.05, 3.63) is 39.2 Å². The summed E-state index contributed by atoms with van der Waals surface area (Å²) in [5, 5.41) is 24.1. The standard InChI is InChI=1S/C20H25NO6S/c1-4-28-10-9-15(19(24)25)21-17(23)8-6-14-11(2)13-5-7-16(22)12(3)18(13)27-20(14)26/h5,7,15,22H,4,6,8-10H2,1-3H3,(H,21,23)(H,24,25)/p-1/t15-/m0/s1. The van der Waals surface area contributed by atoms with E-state index < -0.39 is 23.5 Å². The summed E-state index contributed by atoms with van der Waals surface area (Å²) >= 11 is 1.58. The Morgan fingerprint density at radius 1 is 1.29 bits per heavy atom. The fourth-order valence-electron chi connectivity index (χ4n) is 2.97. The molecule has 0 aliphatic heterocycles. The van der Waals surface area contributed by atoms with Gasteiger partial charge in [0, 0.05) is 22.9 Å². The first-order chi connectivity index (χ1) is 13.3. The van der Waals surface area contributed by atoms with E-state index in [0.29, 0.717) is 33.4 Å². The van der Waals surface area contributed by atoms with Crippen LogP contribution in [-0.2, 0) is 16.0 Å². The number of nitrogens with one attached hydrogen (secondary N) is 1. The highest BCUT2D eigenvalue weighted by molar-refractivity contribution is 7.99. The Balaban J connectivity index is 2.12. The van der Waals surface area contributed by atoms with Crippen molar-refractivity contribution < 1.29 is 24.2 Å². The first kappa shape index (κ1) is 21.8. The summed E-state index contributed by atoms with van der Waals surface area (Å²) < 4.78 is 5.35. The zero-order chi connectivity index (χ0) is 20.8. The average Bonchev–Trinajstić information content (AvgIpc) is 2.64. The number of carboxylic acid groups (broad SMARTS) is 1. The fourth-order valence-corrected chi connectivity index (χ4v) is 3.66. The summed E-state index contributed by atoms with van der Waals surface area (Å²) in [6, 6.07) is 2.14. The zero-order valence-corrected chi connectivity index (χ0v) is 17.0. The lowest BCUT2D eigenvalue weighted by Gasteiger charge is -2.19. The van der Waals surface area contributed by atoms with Crippen LogP contribution in [-0.4, -0.2) is 34.5 Å². The van der Waals surface area contributed by atoms with E-state index in [1.54, 1.807) is 31.7 Å². The molecule has 0 aliphatic rings. The van der Waals surface area contributed by atoms with E-state index in [-0.39, 0.29) is 25.0 Å². The Bertz CT molecular complexity index is 936. The van der Waals surface area contributed by atoms with Crippen molar-refractivity contribution in [2.24, 2.45) is 0 Å². The number of benzene rings is 1. The van der Waals surface area contributed by atoms with Crippen LogP contribution in [0, 0.1) is 13.8 Å². The molecule has 1 amide bonds. The van der Waals surface area contributed by atoms with Gasteiger partial charge in [0.05, 0.1) is 12.0 Å². The van der Waals surface area contributed by atoms with Gasteiger partial charge in [0.1, 0.15) is 11.3 Å². The van der Waals surface area contributed by atoms with E-state index in [1.165, 1.54) is 6.07 Å². The van der Waals surface area contributed by atoms with Gasteiger partial charge in [0.25, 0.3) is 0 Å². The highest BCUT2D eigenvalue weighted by Gasteiger charge is 2.17. The first-order valence-electron chi connectivity index (χ1n) is 9.09. The molecule has 1 atom stereocenters. The summed E-state index contributed by atoms with van der Waals surface area (Å²) in [6.07, 6.45) is 0.366. The second kappa shape index (κ2) is 9.64. The average molecular weight is 406 g/mol. The molecule has 152 valence electrons. The van der Waals surface area contributed by atoms with Crippen molar-refractivity contribution >= 4 is 34.6 Å². The molecule has 0 unspecified atom stereocenters. The molecule has 0 fully saturated rings. The number of aryl methyl sites for hydroxylation is 2. The molecular weight excluding hydrogens is 382 g/mol. The zero-order valence-electron chi connectivity index (χ0n) is 16.2. The van der Waals surface area contributed by atoms with Crippen LogP contribution < -0.4 is 16.0 Å². The third-order valence-corrected chi connectivity index (χ3v) is 5.58. The number of carboxylic acids is 1.